The molecule has 0 heterocycles. The van der Waals surface area contributed by atoms with Gasteiger partial charge in [-0.3, -0.25) is 4.79 Å². The number of fused-ring (bicyclic) bond motifs is 3. The van der Waals surface area contributed by atoms with Crippen LogP contribution in [-0.2, 0) is 9.53 Å². The second kappa shape index (κ2) is 10.1. The minimum absolute atomic E-state index is 0.0585. The SMILES string of the molecule is CCNC(=O)C(N)CCCCNC(=O)OCC1c2ccccc2-c2ccccc21. The van der Waals surface area contributed by atoms with Gasteiger partial charge in [0, 0.05) is 19.0 Å². The number of likely N-dealkylation sites (N-methyl/N-ethyl adjacent to an activating group) is 1. The van der Waals surface area contributed by atoms with Crippen molar-refractivity contribution in [1.29, 1.82) is 0 Å². The van der Waals surface area contributed by atoms with Gasteiger partial charge in [-0.15, -0.1) is 0 Å². The maximum Gasteiger partial charge on any atom is 0.407 e. The summed E-state index contributed by atoms with van der Waals surface area (Å²) in [6, 6.07) is 16.0. The summed E-state index contributed by atoms with van der Waals surface area (Å²) in [6.45, 7) is 3.25. The van der Waals surface area contributed by atoms with E-state index >= 15 is 0 Å². The quantitative estimate of drug-likeness (QED) is 0.569. The van der Waals surface area contributed by atoms with Crippen molar-refractivity contribution in [3.05, 3.63) is 59.7 Å². The lowest BCUT2D eigenvalue weighted by Gasteiger charge is -2.15. The van der Waals surface area contributed by atoms with E-state index in [0.29, 0.717) is 26.1 Å². The molecule has 3 rings (SSSR count). The molecule has 6 heteroatoms. The summed E-state index contributed by atoms with van der Waals surface area (Å²) in [6.07, 6.45) is 1.69. The second-order valence-corrected chi connectivity index (χ2v) is 7.25. The molecule has 154 valence electrons. The minimum Gasteiger partial charge on any atom is -0.449 e. The lowest BCUT2D eigenvalue weighted by molar-refractivity contribution is -0.122. The van der Waals surface area contributed by atoms with Gasteiger partial charge in [0.2, 0.25) is 5.91 Å². The molecule has 6 nitrogen and oxygen atoms in total. The molecule has 1 atom stereocenters. The summed E-state index contributed by atoms with van der Waals surface area (Å²) >= 11 is 0. The molecule has 1 unspecified atom stereocenters. The number of hydrogen-bond acceptors (Lipinski definition) is 4. The van der Waals surface area contributed by atoms with Gasteiger partial charge in [0.25, 0.3) is 0 Å². The van der Waals surface area contributed by atoms with Crippen molar-refractivity contribution in [2.75, 3.05) is 19.7 Å². The number of nitrogens with two attached hydrogens (primary N) is 1. The van der Waals surface area contributed by atoms with E-state index in [9.17, 15) is 9.59 Å². The Labute approximate surface area is 171 Å². The fraction of sp³-hybridized carbons (Fsp3) is 0.391. The van der Waals surface area contributed by atoms with Gasteiger partial charge in [-0.05, 0) is 48.4 Å². The third kappa shape index (κ3) is 5.15. The van der Waals surface area contributed by atoms with E-state index in [1.54, 1.807) is 0 Å². The van der Waals surface area contributed by atoms with Crippen molar-refractivity contribution in [3.63, 3.8) is 0 Å². The van der Waals surface area contributed by atoms with Crippen molar-refractivity contribution in [1.82, 2.24) is 10.6 Å². The number of carbonyl (C=O) groups is 2. The maximum atomic E-state index is 12.1. The molecule has 2 aromatic carbocycles. The van der Waals surface area contributed by atoms with E-state index < -0.39 is 12.1 Å². The van der Waals surface area contributed by atoms with Crippen LogP contribution in [0.4, 0.5) is 4.79 Å². The van der Waals surface area contributed by atoms with Crippen molar-refractivity contribution in [3.8, 4) is 11.1 Å². The number of alkyl carbamates (subject to hydrolysis) is 1. The zero-order valence-electron chi connectivity index (χ0n) is 16.8. The molecule has 0 aliphatic heterocycles. The summed E-state index contributed by atoms with van der Waals surface area (Å²) in [7, 11) is 0. The van der Waals surface area contributed by atoms with E-state index in [0.717, 1.165) is 12.8 Å². The van der Waals surface area contributed by atoms with Crippen molar-refractivity contribution < 1.29 is 14.3 Å². The summed E-state index contributed by atoms with van der Waals surface area (Å²) in [5.74, 6) is -0.0692. The number of ether oxygens (including phenoxy) is 1. The summed E-state index contributed by atoms with van der Waals surface area (Å²) in [5.41, 5.74) is 10.6. The van der Waals surface area contributed by atoms with Crippen LogP contribution in [0, 0.1) is 0 Å². The van der Waals surface area contributed by atoms with E-state index in [1.165, 1.54) is 22.3 Å². The summed E-state index contributed by atoms with van der Waals surface area (Å²) < 4.78 is 5.50. The highest BCUT2D eigenvalue weighted by atomic mass is 16.5. The fourth-order valence-electron chi connectivity index (χ4n) is 3.77. The van der Waals surface area contributed by atoms with Gasteiger partial charge in [0.1, 0.15) is 6.61 Å². The number of nitrogens with one attached hydrogen (secondary N) is 2. The molecule has 2 aromatic rings. The van der Waals surface area contributed by atoms with E-state index in [2.05, 4.69) is 34.9 Å². The lowest BCUT2D eigenvalue weighted by atomic mass is 9.98. The van der Waals surface area contributed by atoms with Gasteiger partial charge in [-0.1, -0.05) is 48.5 Å². The average molecular weight is 396 g/mol. The van der Waals surface area contributed by atoms with Crippen LogP contribution < -0.4 is 16.4 Å². The molecule has 0 aromatic heterocycles. The maximum absolute atomic E-state index is 12.1. The van der Waals surface area contributed by atoms with Crippen LogP contribution in [0.25, 0.3) is 11.1 Å². The van der Waals surface area contributed by atoms with Crippen LogP contribution in [0.5, 0.6) is 0 Å². The van der Waals surface area contributed by atoms with Gasteiger partial charge < -0.3 is 21.1 Å². The Morgan fingerprint density at radius 3 is 2.24 bits per heavy atom. The first-order valence-corrected chi connectivity index (χ1v) is 10.2. The zero-order chi connectivity index (χ0) is 20.6. The molecule has 0 fully saturated rings. The number of amides is 2. The topological polar surface area (TPSA) is 93.5 Å². The largest absolute Gasteiger partial charge is 0.449 e. The van der Waals surface area contributed by atoms with Crippen molar-refractivity contribution in [2.45, 2.75) is 38.1 Å². The molecule has 4 N–H and O–H groups in total. The molecule has 29 heavy (non-hydrogen) atoms. The summed E-state index contributed by atoms with van der Waals surface area (Å²) in [4.78, 5) is 23.7. The second-order valence-electron chi connectivity index (χ2n) is 7.25. The Morgan fingerprint density at radius 2 is 1.62 bits per heavy atom. The highest BCUT2D eigenvalue weighted by Gasteiger charge is 2.28. The van der Waals surface area contributed by atoms with E-state index in [-0.39, 0.29) is 11.8 Å². The van der Waals surface area contributed by atoms with Crippen LogP contribution >= 0.6 is 0 Å². The highest BCUT2D eigenvalue weighted by Crippen LogP contribution is 2.44. The Morgan fingerprint density at radius 1 is 1.00 bits per heavy atom. The first kappa shape index (κ1) is 20.9. The number of benzene rings is 2. The summed E-state index contributed by atoms with van der Waals surface area (Å²) in [5, 5.41) is 5.49. The molecule has 0 saturated carbocycles. The Hall–Kier alpha value is -2.86. The number of rotatable bonds is 9. The van der Waals surface area contributed by atoms with Crippen molar-refractivity contribution >= 4 is 12.0 Å². The molecule has 0 bridgehead atoms. The predicted octanol–water partition coefficient (Wildman–Crippen LogP) is 3.16. The Balaban J connectivity index is 1.42. The van der Waals surface area contributed by atoms with Gasteiger partial charge in [0.05, 0.1) is 6.04 Å². The van der Waals surface area contributed by atoms with Crippen molar-refractivity contribution in [2.24, 2.45) is 5.73 Å². The fourth-order valence-corrected chi connectivity index (χ4v) is 3.77. The lowest BCUT2D eigenvalue weighted by Crippen LogP contribution is -2.40. The van der Waals surface area contributed by atoms with Crippen LogP contribution in [0.1, 0.15) is 43.2 Å². The van der Waals surface area contributed by atoms with E-state index in [1.807, 2.05) is 31.2 Å². The molecule has 1 aliphatic rings. The van der Waals surface area contributed by atoms with Gasteiger partial charge in [0.15, 0.2) is 0 Å². The third-order valence-corrected chi connectivity index (χ3v) is 5.24. The smallest absolute Gasteiger partial charge is 0.407 e. The zero-order valence-corrected chi connectivity index (χ0v) is 16.8. The van der Waals surface area contributed by atoms with Crippen LogP contribution in [0.2, 0.25) is 0 Å². The van der Waals surface area contributed by atoms with Gasteiger partial charge >= 0.3 is 6.09 Å². The van der Waals surface area contributed by atoms with Crippen LogP contribution in [-0.4, -0.2) is 37.7 Å². The first-order valence-electron chi connectivity index (χ1n) is 10.2. The van der Waals surface area contributed by atoms with Gasteiger partial charge in [-0.25, -0.2) is 4.79 Å². The molecular formula is C23H29N3O3. The predicted molar refractivity (Wildman–Crippen MR) is 114 cm³/mol. The average Bonchev–Trinajstić information content (AvgIpc) is 3.06. The highest BCUT2D eigenvalue weighted by molar-refractivity contribution is 5.81. The van der Waals surface area contributed by atoms with Gasteiger partial charge in [-0.2, -0.15) is 0 Å². The molecule has 1 aliphatic carbocycles. The van der Waals surface area contributed by atoms with Crippen LogP contribution in [0.15, 0.2) is 48.5 Å². The molecule has 2 amide bonds. The number of hydrogen-bond donors (Lipinski definition) is 3. The number of carbonyl (C=O) groups excluding carboxylic acids is 2. The monoisotopic (exact) mass is 395 g/mol. The van der Waals surface area contributed by atoms with Crippen LogP contribution in [0.3, 0.4) is 0 Å². The standard InChI is InChI=1S/C23H29N3O3/c1-2-25-22(27)21(24)13-7-8-14-26-23(28)29-15-20-18-11-5-3-9-16(18)17-10-4-6-12-19(17)20/h3-6,9-12,20-21H,2,7-8,13-15,24H2,1H3,(H,25,27)(H,26,28). The third-order valence-electron chi connectivity index (χ3n) is 5.24. The van der Waals surface area contributed by atoms with E-state index in [4.69, 9.17) is 10.5 Å². The molecular weight excluding hydrogens is 366 g/mol. The Kier molecular flexibility index (Phi) is 7.25. The molecule has 0 radical (unpaired) electrons. The molecule has 0 spiro atoms. The first-order chi connectivity index (χ1) is 14.1. The Bertz CT molecular complexity index is 807. The molecule has 0 saturated heterocycles. The number of unbranched alkanes of at least 4 members (excludes halogenated alkanes) is 1. The normalized spacial score (nSPS) is 13.3. The minimum atomic E-state index is -0.496.